The van der Waals surface area contributed by atoms with Gasteiger partial charge in [0.1, 0.15) is 17.5 Å². The summed E-state index contributed by atoms with van der Waals surface area (Å²) in [6.07, 6.45) is 0.578. The second-order valence-corrected chi connectivity index (χ2v) is 6.41. The zero-order valence-electron chi connectivity index (χ0n) is 13.9. The molecule has 5 rings (SSSR count). The van der Waals surface area contributed by atoms with E-state index in [9.17, 15) is 0 Å². The molecule has 6 nitrogen and oxygen atoms in total. The lowest BCUT2D eigenvalue weighted by Gasteiger charge is -1.96. The van der Waals surface area contributed by atoms with Crippen LogP contribution in [0.1, 0.15) is 17.2 Å². The van der Waals surface area contributed by atoms with Gasteiger partial charge in [-0.05, 0) is 41.1 Å². The van der Waals surface area contributed by atoms with Crippen LogP contribution in [0.5, 0.6) is 0 Å². The normalized spacial score (nSPS) is 11.5. The van der Waals surface area contributed by atoms with Crippen molar-refractivity contribution in [3.63, 3.8) is 0 Å². The van der Waals surface area contributed by atoms with Crippen molar-refractivity contribution in [3.8, 4) is 0 Å². The molecule has 126 valence electrons. The van der Waals surface area contributed by atoms with E-state index in [-0.39, 0.29) is 5.84 Å². The zero-order valence-corrected chi connectivity index (χ0v) is 13.9. The standard InChI is InChI=1S/C20H16N6/c21-20(22)13-5-6-14-15(9-13)24-18(23-14)10-19-25-16-7-11-3-1-2-4-12(11)8-17(16)26-19/h1-9H,10H2,(H3,21,22)(H,23,24)(H,25,26). The fraction of sp³-hybridized carbons (Fsp3) is 0.0500. The molecule has 0 atom stereocenters. The molecule has 0 aliphatic carbocycles. The maximum absolute atomic E-state index is 7.55. The maximum Gasteiger partial charge on any atom is 0.122 e. The summed E-state index contributed by atoms with van der Waals surface area (Å²) < 4.78 is 0. The molecule has 0 aliphatic rings. The lowest BCUT2D eigenvalue weighted by atomic mass is 10.1. The van der Waals surface area contributed by atoms with Gasteiger partial charge in [-0.2, -0.15) is 0 Å². The van der Waals surface area contributed by atoms with Gasteiger partial charge in [-0.25, -0.2) is 9.97 Å². The molecule has 0 saturated carbocycles. The first-order valence-electron chi connectivity index (χ1n) is 8.36. The topological polar surface area (TPSA) is 107 Å². The third kappa shape index (κ3) is 2.39. The van der Waals surface area contributed by atoms with Gasteiger partial charge in [-0.1, -0.05) is 24.3 Å². The van der Waals surface area contributed by atoms with Crippen molar-refractivity contribution in [1.29, 1.82) is 5.41 Å². The average molecular weight is 340 g/mol. The van der Waals surface area contributed by atoms with Crippen LogP contribution in [0.2, 0.25) is 0 Å². The van der Waals surface area contributed by atoms with Crippen LogP contribution in [0.4, 0.5) is 0 Å². The minimum absolute atomic E-state index is 0.0485. The highest BCUT2D eigenvalue weighted by molar-refractivity contribution is 5.98. The Morgan fingerprint density at radius 3 is 2.23 bits per heavy atom. The summed E-state index contributed by atoms with van der Waals surface area (Å²) in [5.74, 6) is 1.73. The summed E-state index contributed by atoms with van der Waals surface area (Å²) in [4.78, 5) is 16.0. The van der Waals surface area contributed by atoms with Gasteiger partial charge in [-0.15, -0.1) is 0 Å². The van der Waals surface area contributed by atoms with Gasteiger partial charge in [0, 0.05) is 5.56 Å². The molecule has 2 heterocycles. The molecule has 0 radical (unpaired) electrons. The number of aromatic nitrogens is 4. The predicted octanol–water partition coefficient (Wildman–Crippen LogP) is 3.47. The molecule has 3 aromatic carbocycles. The number of imidazole rings is 2. The molecule has 0 fully saturated rings. The Balaban J connectivity index is 1.53. The van der Waals surface area contributed by atoms with Crippen LogP contribution < -0.4 is 5.73 Å². The number of amidine groups is 1. The molecule has 5 aromatic rings. The number of hydrogen-bond acceptors (Lipinski definition) is 3. The number of benzene rings is 3. The summed E-state index contributed by atoms with van der Waals surface area (Å²) in [5.41, 5.74) is 9.94. The fourth-order valence-electron chi connectivity index (χ4n) is 3.31. The molecule has 0 bridgehead atoms. The Morgan fingerprint density at radius 1 is 0.846 bits per heavy atom. The number of aromatic amines is 2. The van der Waals surface area contributed by atoms with E-state index in [1.807, 2.05) is 30.3 Å². The van der Waals surface area contributed by atoms with Crippen molar-refractivity contribution in [3.05, 3.63) is 71.8 Å². The van der Waals surface area contributed by atoms with Crippen molar-refractivity contribution in [2.24, 2.45) is 5.73 Å². The molecule has 0 amide bonds. The van der Waals surface area contributed by atoms with Gasteiger partial charge in [-0.3, -0.25) is 5.41 Å². The number of nitrogen functional groups attached to an aromatic ring is 1. The number of hydrogen-bond donors (Lipinski definition) is 4. The van der Waals surface area contributed by atoms with Crippen LogP contribution in [0.3, 0.4) is 0 Å². The van der Waals surface area contributed by atoms with E-state index in [0.29, 0.717) is 12.0 Å². The SMILES string of the molecule is N=C(N)c1ccc2nc(Cc3nc4cc5ccccc5cc4[nH]3)[nH]c2c1. The van der Waals surface area contributed by atoms with Crippen LogP contribution >= 0.6 is 0 Å². The smallest absolute Gasteiger partial charge is 0.122 e. The van der Waals surface area contributed by atoms with Crippen molar-refractivity contribution in [2.75, 3.05) is 0 Å². The summed E-state index contributed by atoms with van der Waals surface area (Å²) in [6, 6.07) is 18.0. The van der Waals surface area contributed by atoms with Gasteiger partial charge in [0.15, 0.2) is 0 Å². The van der Waals surface area contributed by atoms with Gasteiger partial charge in [0.25, 0.3) is 0 Å². The van der Waals surface area contributed by atoms with Gasteiger partial charge < -0.3 is 15.7 Å². The Kier molecular flexibility index (Phi) is 3.05. The van der Waals surface area contributed by atoms with Gasteiger partial charge in [0.2, 0.25) is 0 Å². The van der Waals surface area contributed by atoms with E-state index in [1.54, 1.807) is 0 Å². The lowest BCUT2D eigenvalue weighted by molar-refractivity contribution is 0.960. The molecule has 0 aliphatic heterocycles. The largest absolute Gasteiger partial charge is 0.384 e. The molecule has 5 N–H and O–H groups in total. The first-order chi connectivity index (χ1) is 12.7. The monoisotopic (exact) mass is 340 g/mol. The van der Waals surface area contributed by atoms with E-state index in [4.69, 9.17) is 16.1 Å². The Labute approximate surface area is 148 Å². The van der Waals surface area contributed by atoms with E-state index < -0.39 is 0 Å². The molecular weight excluding hydrogens is 324 g/mol. The summed E-state index contributed by atoms with van der Waals surface area (Å²) in [6.45, 7) is 0. The molecule has 2 aromatic heterocycles. The van der Waals surface area contributed by atoms with Crippen LogP contribution in [0.15, 0.2) is 54.6 Å². The molecule has 0 saturated heterocycles. The molecular formula is C20H16N6. The van der Waals surface area contributed by atoms with E-state index in [2.05, 4.69) is 39.2 Å². The Bertz CT molecular complexity index is 1240. The second kappa shape index (κ2) is 5.42. The van der Waals surface area contributed by atoms with Gasteiger partial charge in [0.05, 0.1) is 28.5 Å². The predicted molar refractivity (Wildman–Crippen MR) is 104 cm³/mol. The molecule has 0 unspecified atom stereocenters. The highest BCUT2D eigenvalue weighted by Gasteiger charge is 2.09. The number of nitrogens with one attached hydrogen (secondary N) is 3. The third-order valence-corrected chi connectivity index (χ3v) is 4.58. The van der Waals surface area contributed by atoms with Crippen LogP contribution in [-0.2, 0) is 6.42 Å². The van der Waals surface area contributed by atoms with Crippen LogP contribution in [-0.4, -0.2) is 25.8 Å². The minimum atomic E-state index is 0.0485. The fourth-order valence-corrected chi connectivity index (χ4v) is 3.31. The summed E-state index contributed by atoms with van der Waals surface area (Å²) >= 11 is 0. The molecule has 6 heteroatoms. The van der Waals surface area contributed by atoms with Crippen LogP contribution in [0.25, 0.3) is 32.8 Å². The van der Waals surface area contributed by atoms with E-state index >= 15 is 0 Å². The third-order valence-electron chi connectivity index (χ3n) is 4.58. The first-order valence-corrected chi connectivity index (χ1v) is 8.36. The Morgan fingerprint density at radius 2 is 1.50 bits per heavy atom. The summed E-state index contributed by atoms with van der Waals surface area (Å²) in [7, 11) is 0. The second-order valence-electron chi connectivity index (χ2n) is 6.41. The van der Waals surface area contributed by atoms with E-state index in [1.165, 1.54) is 10.8 Å². The number of H-pyrrole nitrogens is 2. The molecule has 26 heavy (non-hydrogen) atoms. The average Bonchev–Trinajstić information content (AvgIpc) is 3.21. The number of nitrogens with zero attached hydrogens (tertiary/aromatic N) is 2. The number of nitrogens with two attached hydrogens (primary N) is 1. The highest BCUT2D eigenvalue weighted by atomic mass is 15.0. The molecule has 0 spiro atoms. The lowest BCUT2D eigenvalue weighted by Crippen LogP contribution is -2.10. The van der Waals surface area contributed by atoms with Crippen molar-refractivity contribution in [2.45, 2.75) is 6.42 Å². The minimum Gasteiger partial charge on any atom is -0.384 e. The number of fused-ring (bicyclic) bond motifs is 3. The highest BCUT2D eigenvalue weighted by Crippen LogP contribution is 2.22. The number of rotatable bonds is 3. The quantitative estimate of drug-likeness (QED) is 0.298. The Hall–Kier alpha value is -3.67. The van der Waals surface area contributed by atoms with Crippen molar-refractivity contribution >= 4 is 38.7 Å². The van der Waals surface area contributed by atoms with Crippen LogP contribution in [0, 0.1) is 5.41 Å². The maximum atomic E-state index is 7.55. The van der Waals surface area contributed by atoms with Crippen molar-refractivity contribution in [1.82, 2.24) is 19.9 Å². The van der Waals surface area contributed by atoms with Crippen molar-refractivity contribution < 1.29 is 0 Å². The first kappa shape index (κ1) is 14.7. The van der Waals surface area contributed by atoms with Gasteiger partial charge >= 0.3 is 0 Å². The summed E-state index contributed by atoms with van der Waals surface area (Å²) in [5, 5.41) is 9.92. The zero-order chi connectivity index (χ0) is 17.7. The van der Waals surface area contributed by atoms with E-state index in [0.717, 1.165) is 33.7 Å².